The van der Waals surface area contributed by atoms with Crippen molar-refractivity contribution in [2.24, 2.45) is 4.99 Å². The van der Waals surface area contributed by atoms with Crippen molar-refractivity contribution in [2.45, 2.75) is 0 Å². The summed E-state index contributed by atoms with van der Waals surface area (Å²) in [5.41, 5.74) is 5.24. The molecule has 130 valence electrons. The molecule has 0 amide bonds. The van der Waals surface area contributed by atoms with Gasteiger partial charge in [0.05, 0.1) is 5.36 Å². The molecular formula is C22H19N2OSm-. The molecule has 0 atom stereocenters. The van der Waals surface area contributed by atoms with Gasteiger partial charge in [-0.15, -0.1) is 35.9 Å². The molecule has 0 bridgehead atoms. The number of hydrogen-bond acceptors (Lipinski definition) is 3. The van der Waals surface area contributed by atoms with Gasteiger partial charge in [-0.3, -0.25) is 4.99 Å². The largest absolute Gasteiger partial charge is 0.458 e. The van der Waals surface area contributed by atoms with Gasteiger partial charge in [-0.1, -0.05) is 17.7 Å². The minimum Gasteiger partial charge on any atom is -0.458 e. The van der Waals surface area contributed by atoms with Crippen LogP contribution in [0.1, 0.15) is 0 Å². The van der Waals surface area contributed by atoms with Crippen molar-refractivity contribution in [3.8, 4) is 22.5 Å². The maximum Gasteiger partial charge on any atom is 0.128 e. The van der Waals surface area contributed by atoms with Crippen LogP contribution in [0.2, 0.25) is 0 Å². The van der Waals surface area contributed by atoms with E-state index in [0.717, 1.165) is 44.5 Å². The van der Waals surface area contributed by atoms with Crippen LogP contribution in [-0.4, -0.2) is 21.1 Å². The molecule has 0 fully saturated rings. The fourth-order valence-corrected chi connectivity index (χ4v) is 3.12. The molecule has 4 rings (SSSR count). The molecule has 0 spiro atoms. The van der Waals surface area contributed by atoms with E-state index in [0.29, 0.717) is 0 Å². The van der Waals surface area contributed by atoms with Crippen LogP contribution in [0.3, 0.4) is 0 Å². The van der Waals surface area contributed by atoms with E-state index in [4.69, 9.17) is 4.42 Å². The molecular weight excluding hydrogens is 459 g/mol. The Kier molecular flexibility index (Phi) is 5.77. The Hall–Kier alpha value is -1.73. The summed E-state index contributed by atoms with van der Waals surface area (Å²) < 4.78 is 6.24. The fourth-order valence-electron chi connectivity index (χ4n) is 3.12. The molecule has 1 aliphatic heterocycles. The molecule has 1 aliphatic carbocycles. The number of anilines is 1. The predicted molar refractivity (Wildman–Crippen MR) is 103 cm³/mol. The first kappa shape index (κ1) is 19.0. The van der Waals surface area contributed by atoms with Crippen molar-refractivity contribution >= 4 is 16.7 Å². The van der Waals surface area contributed by atoms with E-state index < -0.39 is 0 Å². The summed E-state index contributed by atoms with van der Waals surface area (Å²) in [6.45, 7) is 0. The second-order valence-electron chi connectivity index (χ2n) is 6.23. The minimum absolute atomic E-state index is 0. The average molecular weight is 478 g/mol. The molecule has 2 aromatic rings. The van der Waals surface area contributed by atoms with Crippen molar-refractivity contribution in [3.05, 3.63) is 72.1 Å². The Balaban J connectivity index is 0.00000196. The third-order valence-electron chi connectivity index (χ3n) is 4.44. The molecule has 0 saturated heterocycles. The van der Waals surface area contributed by atoms with E-state index in [1.54, 1.807) is 7.05 Å². The van der Waals surface area contributed by atoms with E-state index in [9.17, 15) is 0 Å². The van der Waals surface area contributed by atoms with Crippen molar-refractivity contribution in [1.82, 2.24) is 0 Å². The molecule has 3 nitrogen and oxygen atoms in total. The molecule has 0 unspecified atom stereocenters. The molecule has 0 saturated carbocycles. The van der Waals surface area contributed by atoms with Crippen LogP contribution in [0.5, 0.6) is 0 Å². The Morgan fingerprint density at radius 1 is 1.00 bits per heavy atom. The molecule has 4 heteroatoms. The summed E-state index contributed by atoms with van der Waals surface area (Å²) in [6.07, 6.45) is 0. The van der Waals surface area contributed by atoms with Crippen LogP contribution in [0.15, 0.2) is 70.1 Å². The first-order chi connectivity index (χ1) is 12.2. The monoisotopic (exact) mass is 479 g/mol. The van der Waals surface area contributed by atoms with Crippen molar-refractivity contribution in [3.63, 3.8) is 0 Å². The topological polar surface area (TPSA) is 28.7 Å². The fraction of sp³-hybridized carbons (Fsp3) is 0.136. The van der Waals surface area contributed by atoms with E-state index >= 15 is 0 Å². The van der Waals surface area contributed by atoms with E-state index in [1.165, 1.54) is 0 Å². The second-order valence-corrected chi connectivity index (χ2v) is 6.23. The molecule has 0 aromatic heterocycles. The quantitative estimate of drug-likeness (QED) is 0.312. The van der Waals surface area contributed by atoms with Gasteiger partial charge >= 0.3 is 0 Å². The summed E-state index contributed by atoms with van der Waals surface area (Å²) in [6, 6.07) is 23.8. The van der Waals surface area contributed by atoms with Gasteiger partial charge in [0.2, 0.25) is 0 Å². The molecule has 0 N–H and O–H groups in total. The van der Waals surface area contributed by atoms with Gasteiger partial charge in [0.15, 0.2) is 0 Å². The van der Waals surface area contributed by atoms with E-state index in [1.807, 2.05) is 44.4 Å². The number of rotatable bonds is 2. The first-order valence-electron chi connectivity index (χ1n) is 8.25. The van der Waals surface area contributed by atoms with Crippen LogP contribution in [0, 0.1) is 46.5 Å². The van der Waals surface area contributed by atoms with Gasteiger partial charge in [-0.25, -0.2) is 0 Å². The van der Waals surface area contributed by atoms with Gasteiger partial charge in [0.1, 0.15) is 11.3 Å². The normalized spacial score (nSPS) is 11.6. The van der Waals surface area contributed by atoms with E-state index in [-0.39, 0.29) is 40.4 Å². The van der Waals surface area contributed by atoms with Crippen LogP contribution in [-0.2, 0) is 0 Å². The van der Waals surface area contributed by atoms with Gasteiger partial charge in [0, 0.05) is 79.4 Å². The Labute approximate surface area is 185 Å². The van der Waals surface area contributed by atoms with E-state index in [2.05, 4.69) is 46.3 Å². The zero-order valence-corrected chi connectivity index (χ0v) is 17.6. The van der Waals surface area contributed by atoms with Crippen molar-refractivity contribution < 1.29 is 44.8 Å². The van der Waals surface area contributed by atoms with Crippen LogP contribution in [0.4, 0.5) is 5.69 Å². The third-order valence-corrected chi connectivity index (χ3v) is 4.44. The maximum atomic E-state index is 6.24. The predicted octanol–water partition coefficient (Wildman–Crippen LogP) is 4.60. The zero-order valence-electron chi connectivity index (χ0n) is 15.0. The molecule has 2 aromatic carbocycles. The van der Waals surface area contributed by atoms with Gasteiger partial charge in [0.25, 0.3) is 0 Å². The van der Waals surface area contributed by atoms with Crippen LogP contribution < -0.4 is 10.3 Å². The van der Waals surface area contributed by atoms with Gasteiger partial charge in [-0.2, -0.15) is 0 Å². The Morgan fingerprint density at radius 2 is 1.85 bits per heavy atom. The average Bonchev–Trinajstić information content (AvgIpc) is 2.65. The third kappa shape index (κ3) is 3.42. The SMILES string of the molecule is CN=c1ccc2c(-c3[c-]cccc3)c3ccc(N(C)C)cc3oc-2c1.[Sm]. The first-order valence-corrected chi connectivity index (χ1v) is 8.25. The summed E-state index contributed by atoms with van der Waals surface area (Å²) in [5.74, 6) is 0.832. The number of nitrogens with zero attached hydrogens (tertiary/aromatic N) is 2. The smallest absolute Gasteiger partial charge is 0.128 e. The zero-order chi connectivity index (χ0) is 17.4. The molecule has 2 aliphatic rings. The molecule has 26 heavy (non-hydrogen) atoms. The Bertz CT molecular complexity index is 1080. The van der Waals surface area contributed by atoms with Crippen molar-refractivity contribution in [2.75, 3.05) is 26.0 Å². The van der Waals surface area contributed by atoms with Gasteiger partial charge in [-0.05, 0) is 23.1 Å². The summed E-state index contributed by atoms with van der Waals surface area (Å²) in [7, 11) is 5.85. The number of benzene rings is 3. The van der Waals surface area contributed by atoms with Gasteiger partial charge < -0.3 is 9.32 Å². The van der Waals surface area contributed by atoms with Crippen molar-refractivity contribution in [1.29, 1.82) is 0 Å². The Morgan fingerprint density at radius 3 is 2.54 bits per heavy atom. The molecule has 0 radical (unpaired) electrons. The standard InChI is InChI=1S/C22H19N2O.Sm/c1-23-16-9-11-18-20(13-16)25-21-14-17(24(2)3)10-12-19(21)22(18)15-7-5-4-6-8-15;/h4-7,9-14H,1-3H3;/q-1;. The summed E-state index contributed by atoms with van der Waals surface area (Å²) in [5, 5.41) is 1.99. The summed E-state index contributed by atoms with van der Waals surface area (Å²) >= 11 is 0. The van der Waals surface area contributed by atoms with Crippen LogP contribution >= 0.6 is 0 Å². The second kappa shape index (κ2) is 7.88. The summed E-state index contributed by atoms with van der Waals surface area (Å²) in [4.78, 5) is 6.35. The maximum absolute atomic E-state index is 6.24. The number of fused-ring (bicyclic) bond motifs is 2. The minimum atomic E-state index is 0. The van der Waals surface area contributed by atoms with Crippen LogP contribution in [0.25, 0.3) is 33.4 Å². The number of hydrogen-bond donors (Lipinski definition) is 0. The molecule has 1 heterocycles.